The number of rotatable bonds is 22. The third kappa shape index (κ3) is 10.1. The monoisotopic (exact) mass is 933 g/mol. The molecule has 1 heterocycles. The first-order chi connectivity index (χ1) is 33.7. The summed E-state index contributed by atoms with van der Waals surface area (Å²) in [5.41, 5.74) is 4.57. The van der Waals surface area contributed by atoms with Gasteiger partial charge >= 0.3 is 0 Å². The van der Waals surface area contributed by atoms with E-state index in [0.29, 0.717) is 46.9 Å². The maximum atomic E-state index is 15.2. The third-order valence-electron chi connectivity index (χ3n) is 14.2. The molecule has 0 spiro atoms. The number of hydrogen-bond acceptors (Lipinski definition) is 11. The van der Waals surface area contributed by atoms with Crippen LogP contribution in [0, 0.1) is 33.8 Å². The van der Waals surface area contributed by atoms with Crippen LogP contribution in [0.5, 0.6) is 17.2 Å². The average molecular weight is 934 g/mol. The Kier molecular flexibility index (Phi) is 14.6. The van der Waals surface area contributed by atoms with Gasteiger partial charge in [-0.3, -0.25) is 19.7 Å². The molecular formula is C56H59N3O10. The number of nitrogens with zero attached hydrogens (tertiary/aromatic N) is 3. The van der Waals surface area contributed by atoms with E-state index in [1.807, 2.05) is 41.3 Å². The highest BCUT2D eigenvalue weighted by Gasteiger charge is 2.66. The lowest BCUT2D eigenvalue weighted by molar-refractivity contribution is -0.384. The van der Waals surface area contributed by atoms with Crippen LogP contribution >= 0.6 is 0 Å². The third-order valence-corrected chi connectivity index (χ3v) is 14.2. The number of amides is 1. The van der Waals surface area contributed by atoms with E-state index in [1.54, 1.807) is 42.5 Å². The van der Waals surface area contributed by atoms with Crippen LogP contribution in [0.4, 0.5) is 5.69 Å². The predicted molar refractivity (Wildman–Crippen MR) is 262 cm³/mol. The molecule has 2 fully saturated rings. The summed E-state index contributed by atoms with van der Waals surface area (Å²) in [4.78, 5) is 46.2. The molecule has 0 saturated heterocycles. The molecule has 13 heteroatoms. The zero-order valence-corrected chi connectivity index (χ0v) is 38.7. The zero-order chi connectivity index (χ0) is 47.9. The van der Waals surface area contributed by atoms with Crippen molar-refractivity contribution < 1.29 is 43.8 Å². The molecule has 0 bridgehead atoms. The number of carbonyl (C=O) groups excluding carboxylic acids is 2. The highest BCUT2D eigenvalue weighted by atomic mass is 16.7. The summed E-state index contributed by atoms with van der Waals surface area (Å²) in [5.74, 6) is -0.813. The minimum atomic E-state index is -1.46. The van der Waals surface area contributed by atoms with Gasteiger partial charge in [-0.15, -0.1) is 6.58 Å². The van der Waals surface area contributed by atoms with Gasteiger partial charge in [0.05, 0.1) is 23.2 Å². The molecular weight excluding hydrogens is 875 g/mol. The molecule has 13 nitrogen and oxygen atoms in total. The number of aliphatic hydroxyl groups excluding tert-OH is 2. The molecule has 9 rings (SSSR count). The number of hydrogen-bond donors (Lipinski definition) is 2. The molecule has 5 aromatic carbocycles. The maximum absolute atomic E-state index is 15.2. The maximum Gasteiger partial charge on any atom is 0.269 e. The summed E-state index contributed by atoms with van der Waals surface area (Å²) in [6.07, 6.45) is 10.9. The quantitative estimate of drug-likeness (QED) is 0.0224. The number of fused-ring (bicyclic) bond motifs is 3. The van der Waals surface area contributed by atoms with Crippen molar-refractivity contribution in [3.63, 3.8) is 0 Å². The second-order valence-electron chi connectivity index (χ2n) is 18.6. The lowest BCUT2D eigenvalue weighted by atomic mass is 9.55. The summed E-state index contributed by atoms with van der Waals surface area (Å²) in [7, 11) is 0. The molecule has 5 aromatic rings. The topological polar surface area (TPSA) is 170 Å². The van der Waals surface area contributed by atoms with Crippen LogP contribution in [-0.2, 0) is 27.5 Å². The van der Waals surface area contributed by atoms with Crippen molar-refractivity contribution in [1.29, 1.82) is 0 Å². The van der Waals surface area contributed by atoms with Crippen molar-refractivity contribution in [2.75, 3.05) is 19.8 Å². The van der Waals surface area contributed by atoms with Crippen molar-refractivity contribution in [3.8, 4) is 17.2 Å². The van der Waals surface area contributed by atoms with E-state index in [9.17, 15) is 25.1 Å². The van der Waals surface area contributed by atoms with Crippen LogP contribution in [0.3, 0.4) is 0 Å². The molecule has 6 atom stereocenters. The second kappa shape index (κ2) is 21.3. The molecule has 69 heavy (non-hydrogen) atoms. The fourth-order valence-electron chi connectivity index (χ4n) is 10.9. The number of allylic oxidation sites excluding steroid dienone is 1. The Hall–Kier alpha value is -6.67. The number of aliphatic hydroxyl groups is 2. The van der Waals surface area contributed by atoms with Gasteiger partial charge < -0.3 is 34.2 Å². The first kappa shape index (κ1) is 47.4. The number of unbranched alkanes of at least 4 members (excludes halogenated alkanes) is 2. The largest absolute Gasteiger partial charge is 0.459 e. The molecule has 2 N–H and O–H groups in total. The van der Waals surface area contributed by atoms with Crippen LogP contribution in [-0.4, -0.2) is 69.6 Å². The van der Waals surface area contributed by atoms with E-state index in [-0.39, 0.29) is 74.7 Å². The van der Waals surface area contributed by atoms with Gasteiger partial charge in [-0.05, 0) is 120 Å². The van der Waals surface area contributed by atoms with Crippen molar-refractivity contribution in [3.05, 3.63) is 166 Å². The summed E-state index contributed by atoms with van der Waals surface area (Å²) >= 11 is 0. The molecule has 0 radical (unpaired) electrons. The van der Waals surface area contributed by atoms with Gasteiger partial charge in [0, 0.05) is 61.3 Å². The second-order valence-corrected chi connectivity index (χ2v) is 18.6. The Balaban J connectivity index is 1.24. The first-order valence-corrected chi connectivity index (χ1v) is 24.2. The van der Waals surface area contributed by atoms with Crippen LogP contribution in [0.15, 0.2) is 139 Å². The fourth-order valence-corrected chi connectivity index (χ4v) is 10.9. The van der Waals surface area contributed by atoms with Crippen molar-refractivity contribution >= 4 is 34.4 Å². The molecule has 4 aliphatic rings. The Labute approximate surface area is 402 Å². The normalized spacial score (nSPS) is 23.0. The van der Waals surface area contributed by atoms with Gasteiger partial charge in [0.15, 0.2) is 0 Å². The number of ether oxygens (including phenoxy) is 3. The van der Waals surface area contributed by atoms with E-state index in [1.165, 1.54) is 12.1 Å². The van der Waals surface area contributed by atoms with Gasteiger partial charge in [0.1, 0.15) is 36.2 Å². The van der Waals surface area contributed by atoms with Gasteiger partial charge in [-0.1, -0.05) is 84.7 Å². The molecule has 3 aliphatic carbocycles. The standard InChI is InChI=1S/C56H59N3O10/c1-2-29-66-56-52(58(55(63)40-21-22-40)34-42-15-10-14-39-12-3-4-17-46(39)42)33-50(57-67-36-37-19-23-43(24-20-37)59(64)65)48-31-41(13-5-7-27-60)47(18-6-8-28-61)53(54(48)56)49-32-45(25-26-51(49)69-56)68-44-16-9-11-38(30-44)35-62/h2-4,9-12,14-17,19-20,23-26,30-32,35,40-41,47,52-54,60-61H,1,5-8,13,18,21-22,27-29,33-34,36H2/t41-,47+,52-,53+,54+,56+/m0/s1. The summed E-state index contributed by atoms with van der Waals surface area (Å²) in [5, 5.41) is 38.6. The molecule has 1 aliphatic heterocycles. The SMILES string of the molecule is C=CCO[C@@]12Oc3ccc(Oc4cccc(C=O)c4)cc3[C@H]3[C@H](CCCCO)[C@@H](CCCCO)C=C(C(=NOCc4ccc([N+](=O)[O-])cc4)C[C@@H]1N(Cc1cccc4ccccc14)C(=O)C1CC1)[C@H]32. The molecule has 2 saturated carbocycles. The Bertz CT molecular complexity index is 2730. The first-order valence-electron chi connectivity index (χ1n) is 24.2. The van der Waals surface area contributed by atoms with Crippen molar-refractivity contribution in [2.24, 2.45) is 28.8 Å². The van der Waals surface area contributed by atoms with E-state index in [2.05, 4.69) is 36.9 Å². The highest BCUT2D eigenvalue weighted by Crippen LogP contribution is 2.62. The Morgan fingerprint density at radius 3 is 2.42 bits per heavy atom. The lowest BCUT2D eigenvalue weighted by Gasteiger charge is -2.60. The van der Waals surface area contributed by atoms with Crippen LogP contribution < -0.4 is 9.47 Å². The average Bonchev–Trinajstić information content (AvgIpc) is 4.23. The summed E-state index contributed by atoms with van der Waals surface area (Å²) in [6.45, 7) is 4.65. The number of non-ortho nitro benzene ring substituents is 1. The molecule has 0 aromatic heterocycles. The number of benzene rings is 5. The number of nitro benzene ring substituents is 1. The van der Waals surface area contributed by atoms with Crippen LogP contribution in [0.2, 0.25) is 0 Å². The molecule has 0 unspecified atom stereocenters. The minimum absolute atomic E-state index is 0.000278. The molecule has 1 amide bonds. The number of oxime groups is 1. The van der Waals surface area contributed by atoms with Gasteiger partial charge in [0.25, 0.3) is 5.69 Å². The van der Waals surface area contributed by atoms with Crippen LogP contribution in [0.25, 0.3) is 10.8 Å². The van der Waals surface area contributed by atoms with E-state index in [0.717, 1.165) is 72.3 Å². The van der Waals surface area contributed by atoms with Crippen molar-refractivity contribution in [2.45, 2.75) is 88.7 Å². The van der Waals surface area contributed by atoms with Gasteiger partial charge in [0.2, 0.25) is 11.7 Å². The smallest absolute Gasteiger partial charge is 0.269 e. The van der Waals surface area contributed by atoms with E-state index in [4.69, 9.17) is 24.2 Å². The predicted octanol–water partition coefficient (Wildman–Crippen LogP) is 10.6. The highest BCUT2D eigenvalue weighted by molar-refractivity contribution is 6.03. The molecule has 358 valence electrons. The van der Waals surface area contributed by atoms with E-state index >= 15 is 4.79 Å². The van der Waals surface area contributed by atoms with E-state index < -0.39 is 22.7 Å². The minimum Gasteiger partial charge on any atom is -0.459 e. The lowest BCUT2D eigenvalue weighted by Crippen LogP contribution is -2.70. The van der Waals surface area contributed by atoms with Crippen molar-refractivity contribution in [1.82, 2.24) is 4.90 Å². The number of carbonyl (C=O) groups is 2. The van der Waals surface area contributed by atoms with Gasteiger partial charge in [-0.2, -0.15) is 0 Å². The van der Waals surface area contributed by atoms with Crippen LogP contribution in [0.1, 0.15) is 90.8 Å². The fraction of sp³-hybridized carbons (Fsp3) is 0.375. The zero-order valence-electron chi connectivity index (χ0n) is 38.7. The number of nitro groups is 1. The summed E-state index contributed by atoms with van der Waals surface area (Å²) < 4.78 is 21.2. The Morgan fingerprint density at radius 2 is 1.67 bits per heavy atom. The Morgan fingerprint density at radius 1 is 0.913 bits per heavy atom. The summed E-state index contributed by atoms with van der Waals surface area (Å²) in [6, 6.07) is 32.6. The number of aldehydes is 1. The van der Waals surface area contributed by atoms with Gasteiger partial charge in [-0.25, -0.2) is 0 Å².